The van der Waals surface area contributed by atoms with Gasteiger partial charge < -0.3 is 10.1 Å². The van der Waals surface area contributed by atoms with Crippen LogP contribution in [0.2, 0.25) is 0 Å². The first-order valence-corrected chi connectivity index (χ1v) is 8.56. The van der Waals surface area contributed by atoms with E-state index in [1.807, 2.05) is 0 Å². The second-order valence-corrected chi connectivity index (χ2v) is 6.78. The van der Waals surface area contributed by atoms with Crippen molar-refractivity contribution in [3.05, 3.63) is 29.8 Å². The number of benzene rings is 1. The Morgan fingerprint density at radius 1 is 1.14 bits per heavy atom. The van der Waals surface area contributed by atoms with Crippen molar-refractivity contribution < 1.29 is 4.74 Å². The summed E-state index contributed by atoms with van der Waals surface area (Å²) >= 11 is 0. The molecular formula is C19H31NO. The van der Waals surface area contributed by atoms with Crippen molar-refractivity contribution in [2.24, 2.45) is 11.8 Å². The van der Waals surface area contributed by atoms with Crippen LogP contribution in [0.4, 0.5) is 0 Å². The van der Waals surface area contributed by atoms with E-state index in [0.717, 1.165) is 11.7 Å². The quantitative estimate of drug-likeness (QED) is 0.836. The predicted octanol–water partition coefficient (Wildman–Crippen LogP) is 4.43. The Morgan fingerprint density at radius 3 is 2.48 bits per heavy atom. The van der Waals surface area contributed by atoms with Crippen LogP contribution < -0.4 is 10.1 Å². The number of hydrogen-bond acceptors (Lipinski definition) is 2. The molecule has 0 spiro atoms. The molecular weight excluding hydrogens is 258 g/mol. The van der Waals surface area contributed by atoms with Gasteiger partial charge in [-0.1, -0.05) is 39.3 Å². The van der Waals surface area contributed by atoms with Crippen LogP contribution in [0.3, 0.4) is 0 Å². The molecule has 0 bridgehead atoms. The summed E-state index contributed by atoms with van der Waals surface area (Å²) in [5, 5.41) is 3.45. The first-order valence-electron chi connectivity index (χ1n) is 8.56. The summed E-state index contributed by atoms with van der Waals surface area (Å²) in [7, 11) is 2.06. The summed E-state index contributed by atoms with van der Waals surface area (Å²) in [6.45, 7) is 6.90. The van der Waals surface area contributed by atoms with Crippen molar-refractivity contribution in [1.29, 1.82) is 0 Å². The smallest absolute Gasteiger partial charge is 0.119 e. The minimum atomic E-state index is 0.285. The molecule has 118 valence electrons. The first kappa shape index (κ1) is 16.4. The van der Waals surface area contributed by atoms with Gasteiger partial charge in [0.25, 0.3) is 0 Å². The summed E-state index contributed by atoms with van der Waals surface area (Å²) in [4.78, 5) is 0. The highest BCUT2D eigenvalue weighted by Crippen LogP contribution is 2.32. The molecule has 1 aromatic rings. The highest BCUT2D eigenvalue weighted by atomic mass is 16.5. The van der Waals surface area contributed by atoms with Crippen LogP contribution in [0.15, 0.2) is 24.3 Å². The van der Waals surface area contributed by atoms with Crippen LogP contribution in [0.1, 0.15) is 52.0 Å². The molecule has 0 aliphatic heterocycles. The summed E-state index contributed by atoms with van der Waals surface area (Å²) in [5.74, 6) is 2.40. The Balaban J connectivity index is 1.99. The Hall–Kier alpha value is -1.02. The van der Waals surface area contributed by atoms with Gasteiger partial charge in [-0.15, -0.1) is 0 Å². The van der Waals surface area contributed by atoms with Crippen molar-refractivity contribution in [2.75, 3.05) is 7.05 Å². The molecule has 1 aliphatic carbocycles. The molecule has 0 amide bonds. The van der Waals surface area contributed by atoms with Gasteiger partial charge in [0, 0.05) is 6.04 Å². The predicted molar refractivity (Wildman–Crippen MR) is 89.9 cm³/mol. The van der Waals surface area contributed by atoms with E-state index >= 15 is 0 Å². The van der Waals surface area contributed by atoms with Gasteiger partial charge in [0.05, 0.1) is 0 Å². The van der Waals surface area contributed by atoms with Crippen molar-refractivity contribution in [2.45, 2.75) is 65.0 Å². The van der Waals surface area contributed by atoms with Crippen LogP contribution in [-0.2, 0) is 6.42 Å². The zero-order chi connectivity index (χ0) is 15.2. The lowest BCUT2D eigenvalue weighted by atomic mass is 9.78. The standard InChI is InChI=1S/C19H31NO/c1-5-6-7-16-8-10-17(11-9-16)21-19-15(3)12-14(2)13-18(19)20-4/h8-11,14-15,18-20H,5-7,12-13H2,1-4H3. The topological polar surface area (TPSA) is 21.3 Å². The molecule has 4 atom stereocenters. The number of unbranched alkanes of at least 4 members (excludes halogenated alkanes) is 1. The molecule has 0 radical (unpaired) electrons. The average Bonchev–Trinajstić information content (AvgIpc) is 2.48. The zero-order valence-corrected chi connectivity index (χ0v) is 14.1. The minimum Gasteiger partial charge on any atom is -0.489 e. The summed E-state index contributed by atoms with van der Waals surface area (Å²) in [6.07, 6.45) is 6.44. The SMILES string of the molecule is CCCCc1ccc(OC2C(C)CC(C)CC2NC)cc1. The van der Waals surface area contributed by atoms with Crippen LogP contribution in [0.25, 0.3) is 0 Å². The van der Waals surface area contributed by atoms with E-state index in [-0.39, 0.29) is 6.10 Å². The average molecular weight is 289 g/mol. The fourth-order valence-corrected chi connectivity index (χ4v) is 3.58. The lowest BCUT2D eigenvalue weighted by Gasteiger charge is -2.39. The third-order valence-corrected chi connectivity index (χ3v) is 4.77. The molecule has 1 fully saturated rings. The second kappa shape index (κ2) is 7.84. The van der Waals surface area contributed by atoms with Crippen LogP contribution >= 0.6 is 0 Å². The third-order valence-electron chi connectivity index (χ3n) is 4.77. The maximum absolute atomic E-state index is 6.32. The summed E-state index contributed by atoms with van der Waals surface area (Å²) < 4.78 is 6.32. The molecule has 0 heterocycles. The van der Waals surface area contributed by atoms with Gasteiger partial charge in [-0.25, -0.2) is 0 Å². The molecule has 2 heteroatoms. The highest BCUT2D eigenvalue weighted by molar-refractivity contribution is 5.27. The van der Waals surface area contributed by atoms with Crippen molar-refractivity contribution in [3.8, 4) is 5.75 Å². The van der Waals surface area contributed by atoms with E-state index in [2.05, 4.69) is 57.4 Å². The number of ether oxygens (including phenoxy) is 1. The second-order valence-electron chi connectivity index (χ2n) is 6.78. The van der Waals surface area contributed by atoms with E-state index < -0.39 is 0 Å². The van der Waals surface area contributed by atoms with E-state index in [0.29, 0.717) is 12.0 Å². The maximum Gasteiger partial charge on any atom is 0.119 e. The van der Waals surface area contributed by atoms with Crippen LogP contribution in [-0.4, -0.2) is 19.2 Å². The number of aryl methyl sites for hydroxylation is 1. The molecule has 2 rings (SSSR count). The van der Waals surface area contributed by atoms with Gasteiger partial charge in [0.15, 0.2) is 0 Å². The van der Waals surface area contributed by atoms with E-state index in [4.69, 9.17) is 4.74 Å². The normalized spacial score (nSPS) is 29.3. The Bertz CT molecular complexity index is 414. The Kier molecular flexibility index (Phi) is 6.10. The van der Waals surface area contributed by atoms with Gasteiger partial charge in [0.2, 0.25) is 0 Å². The lowest BCUT2D eigenvalue weighted by Crippen LogP contribution is -2.49. The van der Waals surface area contributed by atoms with Crippen LogP contribution in [0, 0.1) is 11.8 Å². The molecule has 1 aromatic carbocycles. The van der Waals surface area contributed by atoms with Gasteiger partial charge in [0.1, 0.15) is 11.9 Å². The highest BCUT2D eigenvalue weighted by Gasteiger charge is 2.34. The number of likely N-dealkylation sites (N-methyl/N-ethyl adjacent to an activating group) is 1. The van der Waals surface area contributed by atoms with Crippen LogP contribution in [0.5, 0.6) is 5.75 Å². The number of rotatable bonds is 6. The molecule has 21 heavy (non-hydrogen) atoms. The largest absolute Gasteiger partial charge is 0.489 e. The molecule has 0 saturated heterocycles. The molecule has 0 aromatic heterocycles. The molecule has 1 saturated carbocycles. The first-order chi connectivity index (χ1) is 10.1. The van der Waals surface area contributed by atoms with E-state index in [1.54, 1.807) is 0 Å². The molecule has 1 N–H and O–H groups in total. The van der Waals surface area contributed by atoms with E-state index in [1.165, 1.54) is 37.7 Å². The molecule has 1 aliphatic rings. The number of nitrogens with one attached hydrogen (secondary N) is 1. The molecule has 2 nitrogen and oxygen atoms in total. The van der Waals surface area contributed by atoms with E-state index in [9.17, 15) is 0 Å². The van der Waals surface area contributed by atoms with Crippen molar-refractivity contribution in [1.82, 2.24) is 5.32 Å². The number of hydrogen-bond donors (Lipinski definition) is 1. The summed E-state index contributed by atoms with van der Waals surface area (Å²) in [6, 6.07) is 9.18. The van der Waals surface area contributed by atoms with Gasteiger partial charge >= 0.3 is 0 Å². The summed E-state index contributed by atoms with van der Waals surface area (Å²) in [5.41, 5.74) is 1.42. The minimum absolute atomic E-state index is 0.285. The van der Waals surface area contributed by atoms with Crippen molar-refractivity contribution in [3.63, 3.8) is 0 Å². The Morgan fingerprint density at radius 2 is 1.86 bits per heavy atom. The third kappa shape index (κ3) is 4.47. The maximum atomic E-state index is 6.32. The zero-order valence-electron chi connectivity index (χ0n) is 14.1. The lowest BCUT2D eigenvalue weighted by molar-refractivity contribution is 0.0507. The fourth-order valence-electron chi connectivity index (χ4n) is 3.58. The van der Waals surface area contributed by atoms with Gasteiger partial charge in [-0.3, -0.25) is 0 Å². The Labute approximate surface area is 130 Å². The van der Waals surface area contributed by atoms with Gasteiger partial charge in [-0.05, 0) is 62.3 Å². The molecule has 4 unspecified atom stereocenters. The monoisotopic (exact) mass is 289 g/mol. The van der Waals surface area contributed by atoms with Gasteiger partial charge in [-0.2, -0.15) is 0 Å². The fraction of sp³-hybridized carbons (Fsp3) is 0.684. The van der Waals surface area contributed by atoms with Crippen molar-refractivity contribution >= 4 is 0 Å².